The first-order valence-electron chi connectivity index (χ1n) is 5.16. The Morgan fingerprint density at radius 2 is 2.00 bits per heavy atom. The molecule has 4 heteroatoms. The van der Waals surface area contributed by atoms with Crippen molar-refractivity contribution in [3.63, 3.8) is 0 Å². The third-order valence-corrected chi connectivity index (χ3v) is 3.08. The quantitative estimate of drug-likeness (QED) is 0.845. The Balaban J connectivity index is 0.00000225. The first-order valence-corrected chi connectivity index (χ1v) is 6.04. The lowest BCUT2D eigenvalue weighted by Crippen LogP contribution is -2.45. The fourth-order valence-electron chi connectivity index (χ4n) is 1.49. The van der Waals surface area contributed by atoms with Crippen LogP contribution in [0.1, 0.15) is 42.9 Å². The van der Waals surface area contributed by atoms with Gasteiger partial charge in [0.05, 0.1) is 10.9 Å². The minimum atomic E-state index is -0.122. The Hall–Kier alpha value is -0.380. The van der Waals surface area contributed by atoms with Gasteiger partial charge in [0.25, 0.3) is 0 Å². The molecule has 0 aromatic carbocycles. The second-order valence-corrected chi connectivity index (χ2v) is 5.88. The predicted octanol–water partition coefficient (Wildman–Crippen LogP) is 3.44. The van der Waals surface area contributed by atoms with Crippen molar-refractivity contribution in [3.05, 3.63) is 21.9 Å². The molecule has 1 aromatic rings. The van der Waals surface area contributed by atoms with Gasteiger partial charge in [-0.3, -0.25) is 4.79 Å². The number of rotatable bonds is 3. The highest BCUT2D eigenvalue weighted by molar-refractivity contribution is 7.12. The zero-order valence-corrected chi connectivity index (χ0v) is 12.1. The van der Waals surface area contributed by atoms with Crippen LogP contribution in [0.2, 0.25) is 0 Å². The van der Waals surface area contributed by atoms with Crippen LogP contribution in [-0.4, -0.2) is 17.4 Å². The van der Waals surface area contributed by atoms with Crippen LogP contribution in [0.5, 0.6) is 0 Å². The molecule has 1 rings (SSSR count). The topological polar surface area (TPSA) is 29.1 Å². The fraction of sp³-hybridized carbons (Fsp3) is 0.583. The Labute approximate surface area is 108 Å². The number of halogens is 1. The smallest absolute Gasteiger partial charge is 0.189 e. The van der Waals surface area contributed by atoms with E-state index in [1.54, 1.807) is 0 Å². The van der Waals surface area contributed by atoms with Gasteiger partial charge in [0, 0.05) is 5.54 Å². The number of carbonyl (C=O) groups excluding carboxylic acids is 1. The maximum Gasteiger partial charge on any atom is 0.189 e. The Morgan fingerprint density at radius 3 is 2.38 bits per heavy atom. The van der Waals surface area contributed by atoms with Crippen LogP contribution in [0.4, 0.5) is 0 Å². The molecule has 0 aliphatic rings. The summed E-state index contributed by atoms with van der Waals surface area (Å²) in [4.78, 5) is 12.8. The molecule has 1 atom stereocenters. The molecule has 2 nitrogen and oxygen atoms in total. The van der Waals surface area contributed by atoms with E-state index >= 15 is 0 Å². The molecule has 1 aromatic heterocycles. The zero-order valence-electron chi connectivity index (χ0n) is 10.5. The van der Waals surface area contributed by atoms with Gasteiger partial charge in [-0.1, -0.05) is 0 Å². The molecule has 0 aliphatic heterocycles. The third kappa shape index (κ3) is 4.64. The molecule has 0 saturated heterocycles. The molecule has 0 bridgehead atoms. The molecule has 1 heterocycles. The molecular weight excluding hydrogens is 242 g/mol. The number of thiophene rings is 1. The molecule has 0 radical (unpaired) electrons. The maximum atomic E-state index is 12.0. The van der Waals surface area contributed by atoms with Crippen LogP contribution in [0, 0.1) is 6.92 Å². The largest absolute Gasteiger partial charge is 0.303 e. The Kier molecular flexibility index (Phi) is 5.66. The predicted molar refractivity (Wildman–Crippen MR) is 73.0 cm³/mol. The summed E-state index contributed by atoms with van der Waals surface area (Å²) in [6.45, 7) is 10.1. The summed E-state index contributed by atoms with van der Waals surface area (Å²) in [5.41, 5.74) is 1.13. The number of hydrogen-bond donors (Lipinski definition) is 1. The number of nitrogens with one attached hydrogen (secondary N) is 1. The van der Waals surface area contributed by atoms with E-state index in [0.717, 1.165) is 10.4 Å². The van der Waals surface area contributed by atoms with Crippen molar-refractivity contribution in [2.24, 2.45) is 0 Å². The van der Waals surface area contributed by atoms with Crippen molar-refractivity contribution in [1.82, 2.24) is 5.32 Å². The van der Waals surface area contributed by atoms with E-state index in [4.69, 9.17) is 0 Å². The molecule has 92 valence electrons. The van der Waals surface area contributed by atoms with E-state index in [1.807, 2.05) is 25.3 Å². The number of ketones is 1. The highest BCUT2D eigenvalue weighted by Gasteiger charge is 2.21. The molecule has 0 aliphatic carbocycles. The lowest BCUT2D eigenvalue weighted by molar-refractivity contribution is 0.0940. The third-order valence-electron chi connectivity index (χ3n) is 2.02. The second kappa shape index (κ2) is 5.80. The highest BCUT2D eigenvalue weighted by Crippen LogP contribution is 2.16. The van der Waals surface area contributed by atoms with Gasteiger partial charge >= 0.3 is 0 Å². The lowest BCUT2D eigenvalue weighted by atomic mass is 10.1. The maximum absolute atomic E-state index is 12.0. The minimum Gasteiger partial charge on any atom is -0.303 e. The molecule has 1 unspecified atom stereocenters. The summed E-state index contributed by atoms with van der Waals surface area (Å²) in [6.07, 6.45) is 0. The van der Waals surface area contributed by atoms with Gasteiger partial charge in [0.2, 0.25) is 0 Å². The van der Waals surface area contributed by atoms with Crippen LogP contribution >= 0.6 is 23.7 Å². The summed E-state index contributed by atoms with van der Waals surface area (Å²) in [6, 6.07) is 1.83. The van der Waals surface area contributed by atoms with E-state index in [-0.39, 0.29) is 29.8 Å². The normalized spacial score (nSPS) is 13.1. The van der Waals surface area contributed by atoms with E-state index in [1.165, 1.54) is 11.3 Å². The van der Waals surface area contributed by atoms with Crippen LogP contribution in [0.3, 0.4) is 0 Å². The zero-order chi connectivity index (χ0) is 11.6. The summed E-state index contributed by atoms with van der Waals surface area (Å²) >= 11 is 1.52. The van der Waals surface area contributed by atoms with Crippen LogP contribution < -0.4 is 5.32 Å². The number of Topliss-reactive ketones (excluding diaryl/α,β-unsaturated/α-hetero) is 1. The van der Waals surface area contributed by atoms with Crippen molar-refractivity contribution < 1.29 is 4.79 Å². The SMILES string of the molecule is Cc1csc(C(=O)C(C)NC(C)(C)C)c1.Cl. The molecule has 16 heavy (non-hydrogen) atoms. The first-order chi connectivity index (χ1) is 6.79. The Morgan fingerprint density at radius 1 is 1.44 bits per heavy atom. The van der Waals surface area contributed by atoms with Crippen molar-refractivity contribution in [1.29, 1.82) is 0 Å². The molecule has 1 N–H and O–H groups in total. The number of aryl methyl sites for hydroxylation is 1. The summed E-state index contributed by atoms with van der Waals surface area (Å²) in [5.74, 6) is 0.183. The summed E-state index contributed by atoms with van der Waals surface area (Å²) in [7, 11) is 0. The first kappa shape index (κ1) is 15.6. The van der Waals surface area contributed by atoms with Crippen LogP contribution in [0.25, 0.3) is 0 Å². The van der Waals surface area contributed by atoms with Crippen molar-refractivity contribution in [3.8, 4) is 0 Å². The summed E-state index contributed by atoms with van der Waals surface area (Å²) in [5, 5.41) is 5.29. The van der Waals surface area contributed by atoms with Gasteiger partial charge in [0.1, 0.15) is 0 Å². The lowest BCUT2D eigenvalue weighted by Gasteiger charge is -2.24. The minimum absolute atomic E-state index is 0. The average molecular weight is 262 g/mol. The average Bonchev–Trinajstić information content (AvgIpc) is 2.47. The monoisotopic (exact) mass is 261 g/mol. The van der Waals surface area contributed by atoms with Gasteiger partial charge in [-0.2, -0.15) is 0 Å². The molecule has 0 saturated carbocycles. The molecular formula is C12H20ClNOS. The van der Waals surface area contributed by atoms with Crippen molar-refractivity contribution >= 4 is 29.5 Å². The summed E-state index contributed by atoms with van der Waals surface area (Å²) < 4.78 is 0. The highest BCUT2D eigenvalue weighted by atomic mass is 35.5. The molecule has 0 amide bonds. The van der Waals surface area contributed by atoms with E-state index < -0.39 is 0 Å². The Bertz CT molecular complexity index is 354. The van der Waals surface area contributed by atoms with Gasteiger partial charge < -0.3 is 5.32 Å². The van der Waals surface area contributed by atoms with Gasteiger partial charge in [-0.25, -0.2) is 0 Å². The van der Waals surface area contributed by atoms with E-state index in [2.05, 4.69) is 26.1 Å². The van der Waals surface area contributed by atoms with Crippen LogP contribution in [0.15, 0.2) is 11.4 Å². The standard InChI is InChI=1S/C12H19NOS.ClH/c1-8-6-10(15-7-8)11(14)9(2)13-12(3,4)5;/h6-7,9,13H,1-5H3;1H. The molecule has 0 fully saturated rings. The van der Waals surface area contributed by atoms with Crippen molar-refractivity contribution in [2.75, 3.05) is 0 Å². The van der Waals surface area contributed by atoms with E-state index in [0.29, 0.717) is 0 Å². The molecule has 0 spiro atoms. The second-order valence-electron chi connectivity index (χ2n) is 4.97. The number of carbonyl (C=O) groups is 1. The van der Waals surface area contributed by atoms with Gasteiger partial charge in [-0.05, 0) is 51.6 Å². The van der Waals surface area contributed by atoms with Crippen molar-refractivity contribution in [2.45, 2.75) is 46.2 Å². The fourth-order valence-corrected chi connectivity index (χ4v) is 2.42. The van der Waals surface area contributed by atoms with Crippen LogP contribution in [-0.2, 0) is 0 Å². The number of hydrogen-bond acceptors (Lipinski definition) is 3. The van der Waals surface area contributed by atoms with E-state index in [9.17, 15) is 4.79 Å². The van der Waals surface area contributed by atoms with Gasteiger partial charge in [-0.15, -0.1) is 23.7 Å². The van der Waals surface area contributed by atoms with Gasteiger partial charge in [0.15, 0.2) is 5.78 Å².